The fourth-order valence-electron chi connectivity index (χ4n) is 0.555. The maximum atomic E-state index is 4.16. The molecule has 0 fully saturated rings. The quantitative estimate of drug-likeness (QED) is 0.403. The molecule has 4 radical (unpaired) electrons. The van der Waals surface area contributed by atoms with E-state index in [-0.39, 0.29) is 118 Å². The van der Waals surface area contributed by atoms with Crippen molar-refractivity contribution in [2.24, 2.45) is 0 Å². The van der Waals surface area contributed by atoms with Crippen LogP contribution in [0.5, 0.6) is 0 Å². The SMILES string of the molecule is Sc1cc(S)c(S)cc1S.[Na].[Na].[Na].[Na]. The predicted octanol–water partition coefficient (Wildman–Crippen LogP) is 1.32. The molecule has 0 heterocycles. The summed E-state index contributed by atoms with van der Waals surface area (Å²) in [4.78, 5) is 3.30. The third kappa shape index (κ3) is 9.54. The Morgan fingerprint density at radius 1 is 0.500 bits per heavy atom. The average Bonchev–Trinajstić information content (AvgIpc) is 1.84. The van der Waals surface area contributed by atoms with Crippen LogP contribution in [0.4, 0.5) is 0 Å². The van der Waals surface area contributed by atoms with E-state index in [1.807, 2.05) is 12.1 Å². The molecule has 0 spiro atoms. The predicted molar refractivity (Wildman–Crippen MR) is 78.5 cm³/mol. The first-order valence-corrected chi connectivity index (χ1v) is 4.34. The van der Waals surface area contributed by atoms with E-state index >= 15 is 0 Å². The largest absolute Gasteiger partial charge is 0.142 e. The van der Waals surface area contributed by atoms with Gasteiger partial charge in [0.2, 0.25) is 0 Å². The van der Waals surface area contributed by atoms with Gasteiger partial charge in [-0.1, -0.05) is 0 Å². The van der Waals surface area contributed by atoms with E-state index in [0.717, 1.165) is 19.6 Å². The smallest absolute Gasteiger partial charge is 0.0186 e. The minimum absolute atomic E-state index is 0. The van der Waals surface area contributed by atoms with Gasteiger partial charge in [0.25, 0.3) is 0 Å². The van der Waals surface area contributed by atoms with Crippen molar-refractivity contribution in [1.82, 2.24) is 0 Å². The fourth-order valence-corrected chi connectivity index (χ4v) is 1.53. The van der Waals surface area contributed by atoms with Crippen LogP contribution in [0.15, 0.2) is 31.7 Å². The van der Waals surface area contributed by atoms with Crippen LogP contribution in [0.3, 0.4) is 0 Å². The molecule has 14 heavy (non-hydrogen) atoms. The van der Waals surface area contributed by atoms with E-state index in [1.54, 1.807) is 0 Å². The Kier molecular flexibility index (Phi) is 27.1. The number of hydrogen-bond acceptors (Lipinski definition) is 4. The Morgan fingerprint density at radius 3 is 0.786 bits per heavy atom. The van der Waals surface area contributed by atoms with Gasteiger partial charge in [0.05, 0.1) is 0 Å². The van der Waals surface area contributed by atoms with Gasteiger partial charge in [0.15, 0.2) is 0 Å². The van der Waals surface area contributed by atoms with Gasteiger partial charge in [-0.05, 0) is 12.1 Å². The minimum Gasteiger partial charge on any atom is -0.142 e. The number of thiol groups is 4. The van der Waals surface area contributed by atoms with Crippen molar-refractivity contribution in [2.75, 3.05) is 0 Å². The zero-order chi connectivity index (χ0) is 7.72. The molecule has 0 atom stereocenters. The standard InChI is InChI=1S/C6H6S4.4Na/c7-3-1-4(8)6(10)2-5(3)9;;;;/h1-2,7-10H;;;;. The van der Waals surface area contributed by atoms with Crippen LogP contribution in [0.2, 0.25) is 0 Å². The molecule has 0 saturated carbocycles. The van der Waals surface area contributed by atoms with Gasteiger partial charge in [-0.25, -0.2) is 0 Å². The molecule has 0 saturated heterocycles. The molecule has 1 aromatic rings. The molecule has 0 aliphatic carbocycles. The van der Waals surface area contributed by atoms with Gasteiger partial charge in [-0.15, -0.1) is 50.5 Å². The normalized spacial score (nSPS) is 7.14. The van der Waals surface area contributed by atoms with Gasteiger partial charge in [0.1, 0.15) is 0 Å². The van der Waals surface area contributed by atoms with E-state index in [9.17, 15) is 0 Å². The van der Waals surface area contributed by atoms with Crippen LogP contribution < -0.4 is 0 Å². The molecule has 0 nitrogen and oxygen atoms in total. The molecule has 0 aliphatic rings. The third-order valence-electron chi connectivity index (χ3n) is 1.07. The van der Waals surface area contributed by atoms with Crippen molar-refractivity contribution in [1.29, 1.82) is 0 Å². The molecule has 8 heteroatoms. The summed E-state index contributed by atoms with van der Waals surface area (Å²) >= 11 is 16.6. The van der Waals surface area contributed by atoms with Crippen LogP contribution in [0.1, 0.15) is 0 Å². The van der Waals surface area contributed by atoms with Crippen molar-refractivity contribution in [3.8, 4) is 0 Å². The van der Waals surface area contributed by atoms with Crippen LogP contribution in [-0.2, 0) is 0 Å². The van der Waals surface area contributed by atoms with Crippen molar-refractivity contribution in [2.45, 2.75) is 19.6 Å². The maximum absolute atomic E-state index is 4.16. The van der Waals surface area contributed by atoms with Gasteiger partial charge in [-0.2, -0.15) is 0 Å². The Morgan fingerprint density at radius 2 is 0.643 bits per heavy atom. The Bertz CT molecular complexity index is 218. The third-order valence-corrected chi connectivity index (χ3v) is 2.90. The first kappa shape index (κ1) is 27.0. The van der Waals surface area contributed by atoms with Gasteiger partial charge in [0, 0.05) is 138 Å². The second kappa shape index (κ2) is 14.0. The summed E-state index contributed by atoms with van der Waals surface area (Å²) in [6.07, 6.45) is 0. The van der Waals surface area contributed by atoms with E-state index in [0.29, 0.717) is 0 Å². The number of rotatable bonds is 0. The van der Waals surface area contributed by atoms with Crippen LogP contribution in [0, 0.1) is 0 Å². The Labute approximate surface area is 196 Å². The zero-order valence-electron chi connectivity index (χ0n) is 8.94. The summed E-state index contributed by atoms with van der Waals surface area (Å²) in [6.45, 7) is 0. The van der Waals surface area contributed by atoms with E-state index < -0.39 is 0 Å². The summed E-state index contributed by atoms with van der Waals surface area (Å²) in [5, 5.41) is 0. The molecule has 1 aromatic carbocycles. The van der Waals surface area contributed by atoms with Crippen LogP contribution in [0.25, 0.3) is 0 Å². The molecule has 0 bridgehead atoms. The van der Waals surface area contributed by atoms with Crippen molar-refractivity contribution < 1.29 is 0 Å². The molecule has 1 rings (SSSR count). The summed E-state index contributed by atoms with van der Waals surface area (Å²) in [5.74, 6) is 0. The molecular formula is C6H6Na4S4. The van der Waals surface area contributed by atoms with E-state index in [4.69, 9.17) is 0 Å². The first-order valence-electron chi connectivity index (χ1n) is 2.55. The van der Waals surface area contributed by atoms with E-state index in [2.05, 4.69) is 50.5 Å². The topological polar surface area (TPSA) is 0 Å². The van der Waals surface area contributed by atoms with Crippen LogP contribution in [-0.4, -0.2) is 118 Å². The van der Waals surface area contributed by atoms with E-state index in [1.165, 1.54) is 0 Å². The van der Waals surface area contributed by atoms with Crippen molar-refractivity contribution in [3.05, 3.63) is 12.1 Å². The minimum atomic E-state index is 0. The van der Waals surface area contributed by atoms with Crippen molar-refractivity contribution in [3.63, 3.8) is 0 Å². The second-order valence-electron chi connectivity index (χ2n) is 1.83. The summed E-state index contributed by atoms with van der Waals surface area (Å²) in [5.41, 5.74) is 0. The zero-order valence-corrected chi connectivity index (χ0v) is 20.5. The maximum Gasteiger partial charge on any atom is 0.0186 e. The molecule has 0 aromatic heterocycles. The summed E-state index contributed by atoms with van der Waals surface area (Å²) in [6, 6.07) is 3.63. The second-order valence-corrected chi connectivity index (χ2v) is 3.76. The Hall–Kier alpha value is 4.62. The molecule has 0 aliphatic heterocycles. The first-order chi connectivity index (χ1) is 4.61. The number of benzene rings is 1. The Balaban J connectivity index is -0.000000125. The summed E-state index contributed by atoms with van der Waals surface area (Å²) < 4.78 is 0. The fraction of sp³-hybridized carbons (Fsp3) is 0. The van der Waals surface area contributed by atoms with Crippen molar-refractivity contribution >= 4 is 169 Å². The molecular weight excluding hydrogens is 292 g/mol. The molecule has 0 amide bonds. The monoisotopic (exact) mass is 298 g/mol. The molecule has 58 valence electrons. The van der Waals surface area contributed by atoms with Gasteiger partial charge in [-0.3, -0.25) is 0 Å². The van der Waals surface area contributed by atoms with Gasteiger partial charge < -0.3 is 0 Å². The number of hydrogen-bond donors (Lipinski definition) is 4. The summed E-state index contributed by atoms with van der Waals surface area (Å²) in [7, 11) is 0. The van der Waals surface area contributed by atoms with Crippen LogP contribution >= 0.6 is 50.5 Å². The average molecular weight is 298 g/mol. The molecule has 0 unspecified atom stereocenters. The molecule has 0 N–H and O–H groups in total. The van der Waals surface area contributed by atoms with Gasteiger partial charge >= 0.3 is 0 Å².